The molecule has 1 atom stereocenters. The average molecular weight is 365 g/mol. The predicted molar refractivity (Wildman–Crippen MR) is 109 cm³/mol. The summed E-state index contributed by atoms with van der Waals surface area (Å²) in [5.74, 6) is 0.640. The van der Waals surface area contributed by atoms with Crippen molar-refractivity contribution in [2.75, 3.05) is 13.3 Å². The van der Waals surface area contributed by atoms with Crippen molar-refractivity contribution in [3.8, 4) is 5.75 Å². The molecule has 0 spiro atoms. The Kier molecular flexibility index (Phi) is 6.14. The summed E-state index contributed by atoms with van der Waals surface area (Å²) in [5.41, 5.74) is 5.08. The van der Waals surface area contributed by atoms with E-state index in [9.17, 15) is 0 Å². The normalized spacial score (nSPS) is 16.9. The first-order chi connectivity index (χ1) is 13.2. The smallest absolute Gasteiger partial charge is 0.186 e. The number of aliphatic hydroxyl groups excluding tert-OH is 1. The van der Waals surface area contributed by atoms with E-state index in [2.05, 4.69) is 35.4 Å². The number of nitrogens with zero attached hydrogens (tertiary/aromatic N) is 2. The predicted octanol–water partition coefficient (Wildman–Crippen LogP) is 3.76. The Morgan fingerprint density at radius 2 is 2.07 bits per heavy atom. The molecular weight excluding hydrogens is 338 g/mol. The van der Waals surface area contributed by atoms with Crippen molar-refractivity contribution in [2.45, 2.75) is 33.4 Å². The fraction of sp³-hybridized carbons (Fsp3) is 0.318. The molecule has 5 nitrogen and oxygen atoms in total. The van der Waals surface area contributed by atoms with Gasteiger partial charge in [-0.1, -0.05) is 37.3 Å². The summed E-state index contributed by atoms with van der Waals surface area (Å²) in [6.07, 6.45) is 5.38. The molecule has 1 aliphatic heterocycles. The third-order valence-corrected chi connectivity index (χ3v) is 4.62. The molecule has 0 bridgehead atoms. The van der Waals surface area contributed by atoms with Crippen LogP contribution in [0.15, 0.2) is 54.6 Å². The minimum atomic E-state index is -0.340. The Bertz CT molecular complexity index is 845. The minimum absolute atomic E-state index is 0.191. The molecule has 0 saturated heterocycles. The molecule has 5 heteroatoms. The Balaban J connectivity index is 2.14. The van der Waals surface area contributed by atoms with Crippen LogP contribution in [0, 0.1) is 6.92 Å². The van der Waals surface area contributed by atoms with E-state index in [0.717, 1.165) is 41.3 Å². The molecule has 1 aromatic carbocycles. The Labute approximate surface area is 161 Å². The van der Waals surface area contributed by atoms with Gasteiger partial charge in [0.1, 0.15) is 5.75 Å². The van der Waals surface area contributed by atoms with Crippen LogP contribution in [0.3, 0.4) is 0 Å². The van der Waals surface area contributed by atoms with Crippen molar-refractivity contribution >= 4 is 11.4 Å². The van der Waals surface area contributed by atoms with Crippen LogP contribution >= 0.6 is 0 Å². The quantitative estimate of drug-likeness (QED) is 0.578. The third-order valence-electron chi connectivity index (χ3n) is 4.62. The fourth-order valence-corrected chi connectivity index (χ4v) is 3.36. The maximum absolute atomic E-state index is 9.08. The first kappa shape index (κ1) is 19.0. The summed E-state index contributed by atoms with van der Waals surface area (Å²) in [7, 11) is 0. The summed E-state index contributed by atoms with van der Waals surface area (Å²) in [4.78, 5) is 7.14. The van der Waals surface area contributed by atoms with Gasteiger partial charge in [-0.25, -0.2) is 0 Å². The van der Waals surface area contributed by atoms with E-state index < -0.39 is 0 Å². The molecule has 1 unspecified atom stereocenters. The number of rotatable bonds is 7. The molecule has 0 saturated carbocycles. The van der Waals surface area contributed by atoms with Crippen molar-refractivity contribution in [3.63, 3.8) is 0 Å². The van der Waals surface area contributed by atoms with Gasteiger partial charge in [-0.15, -0.1) is 0 Å². The van der Waals surface area contributed by atoms with Crippen LogP contribution in [0.1, 0.15) is 37.2 Å². The molecule has 3 rings (SSSR count). The van der Waals surface area contributed by atoms with Gasteiger partial charge in [-0.2, -0.15) is 0 Å². The van der Waals surface area contributed by atoms with Gasteiger partial charge in [-0.3, -0.25) is 4.98 Å². The number of ether oxygens (including phenoxy) is 1. The SMILES string of the molecule is C/C=C\CN1C(c2cccc(C)n2)=C(c2cccc(OCO)c2)NC1CC. The van der Waals surface area contributed by atoms with Crippen LogP contribution in [-0.2, 0) is 0 Å². The van der Waals surface area contributed by atoms with Crippen LogP contribution in [0.4, 0.5) is 0 Å². The molecule has 2 N–H and O–H groups in total. The summed E-state index contributed by atoms with van der Waals surface area (Å²) in [6, 6.07) is 13.9. The molecule has 1 aromatic heterocycles. The minimum Gasteiger partial charge on any atom is -0.468 e. The second-order valence-electron chi connectivity index (χ2n) is 6.48. The Hall–Kier alpha value is -2.79. The number of hydrogen-bond acceptors (Lipinski definition) is 5. The lowest BCUT2D eigenvalue weighted by Crippen LogP contribution is -2.36. The zero-order valence-electron chi connectivity index (χ0n) is 16.1. The maximum atomic E-state index is 9.08. The zero-order chi connectivity index (χ0) is 19.2. The zero-order valence-corrected chi connectivity index (χ0v) is 16.1. The summed E-state index contributed by atoms with van der Waals surface area (Å²) in [6.45, 7) is 6.69. The molecule has 142 valence electrons. The largest absolute Gasteiger partial charge is 0.468 e. The van der Waals surface area contributed by atoms with Crippen LogP contribution in [0.5, 0.6) is 5.75 Å². The number of hydrogen-bond donors (Lipinski definition) is 2. The van der Waals surface area contributed by atoms with Crippen LogP contribution < -0.4 is 10.1 Å². The van der Waals surface area contributed by atoms with Crippen LogP contribution in [0.2, 0.25) is 0 Å². The lowest BCUT2D eigenvalue weighted by atomic mass is 10.1. The van der Waals surface area contributed by atoms with E-state index in [0.29, 0.717) is 5.75 Å². The van der Waals surface area contributed by atoms with Crippen molar-refractivity contribution < 1.29 is 9.84 Å². The van der Waals surface area contributed by atoms with Crippen molar-refractivity contribution in [1.82, 2.24) is 15.2 Å². The second-order valence-corrected chi connectivity index (χ2v) is 6.48. The van der Waals surface area contributed by atoms with Gasteiger partial charge in [0.15, 0.2) is 6.79 Å². The second kappa shape index (κ2) is 8.73. The number of aryl methyl sites for hydroxylation is 1. The lowest BCUT2D eigenvalue weighted by Gasteiger charge is -2.27. The third kappa shape index (κ3) is 4.14. The molecule has 2 aromatic rings. The molecule has 0 fully saturated rings. The Morgan fingerprint density at radius 3 is 2.78 bits per heavy atom. The van der Waals surface area contributed by atoms with Crippen LogP contribution in [0.25, 0.3) is 11.4 Å². The lowest BCUT2D eigenvalue weighted by molar-refractivity contribution is 0.0985. The number of pyridine rings is 1. The van der Waals surface area contributed by atoms with Gasteiger partial charge in [0, 0.05) is 17.8 Å². The fourth-order valence-electron chi connectivity index (χ4n) is 3.36. The van der Waals surface area contributed by atoms with Crippen molar-refractivity contribution in [1.29, 1.82) is 0 Å². The highest BCUT2D eigenvalue weighted by atomic mass is 16.6. The summed E-state index contributed by atoms with van der Waals surface area (Å²) in [5, 5.41) is 12.7. The first-order valence-corrected chi connectivity index (χ1v) is 9.34. The Morgan fingerprint density at radius 1 is 1.26 bits per heavy atom. The summed E-state index contributed by atoms with van der Waals surface area (Å²) < 4.78 is 5.28. The number of benzene rings is 1. The maximum Gasteiger partial charge on any atom is 0.186 e. The van der Waals surface area contributed by atoms with E-state index in [1.165, 1.54) is 0 Å². The van der Waals surface area contributed by atoms with Crippen molar-refractivity contribution in [2.24, 2.45) is 0 Å². The van der Waals surface area contributed by atoms with Crippen molar-refractivity contribution in [3.05, 3.63) is 71.6 Å². The molecule has 2 heterocycles. The number of aromatic nitrogens is 1. The van der Waals surface area contributed by atoms with Gasteiger partial charge in [-0.05, 0) is 44.5 Å². The highest BCUT2D eigenvalue weighted by Crippen LogP contribution is 2.35. The van der Waals surface area contributed by atoms with Gasteiger partial charge in [0.05, 0.1) is 23.3 Å². The average Bonchev–Trinajstić information content (AvgIpc) is 3.05. The molecule has 0 radical (unpaired) electrons. The summed E-state index contributed by atoms with van der Waals surface area (Å²) >= 11 is 0. The van der Waals surface area contributed by atoms with E-state index >= 15 is 0 Å². The number of nitrogens with one attached hydrogen (secondary N) is 1. The number of allylic oxidation sites excluding steroid dienone is 1. The van der Waals surface area contributed by atoms with E-state index in [-0.39, 0.29) is 13.0 Å². The van der Waals surface area contributed by atoms with E-state index in [4.69, 9.17) is 14.8 Å². The van der Waals surface area contributed by atoms with Gasteiger partial charge in [0.25, 0.3) is 0 Å². The van der Waals surface area contributed by atoms with Crippen LogP contribution in [-0.4, -0.2) is 34.5 Å². The first-order valence-electron chi connectivity index (χ1n) is 9.34. The standard InChI is InChI=1S/C22H27N3O2/c1-4-6-13-25-20(5-2)24-21(17-10-8-11-18(14-17)27-15-26)22(25)19-12-7-9-16(3)23-19/h4,6-12,14,20,24,26H,5,13,15H2,1-3H3/b6-4-. The highest BCUT2D eigenvalue weighted by molar-refractivity contribution is 5.90. The van der Waals surface area contributed by atoms with Gasteiger partial charge >= 0.3 is 0 Å². The topological polar surface area (TPSA) is 57.6 Å². The molecule has 0 aliphatic carbocycles. The highest BCUT2D eigenvalue weighted by Gasteiger charge is 2.31. The number of aliphatic hydroxyl groups is 1. The van der Waals surface area contributed by atoms with E-state index in [1.54, 1.807) is 0 Å². The van der Waals surface area contributed by atoms with E-state index in [1.807, 2.05) is 50.2 Å². The molecule has 0 amide bonds. The monoisotopic (exact) mass is 365 g/mol. The molecule has 27 heavy (non-hydrogen) atoms. The van der Waals surface area contributed by atoms with Gasteiger partial charge < -0.3 is 20.1 Å². The molecular formula is C22H27N3O2. The van der Waals surface area contributed by atoms with Gasteiger partial charge in [0.2, 0.25) is 0 Å². The molecule has 1 aliphatic rings.